The average molecular weight is 577 g/mol. The van der Waals surface area contributed by atoms with Crippen LogP contribution in [-0.2, 0) is 0 Å². The summed E-state index contributed by atoms with van der Waals surface area (Å²) in [6, 6.07) is 53.1. The molecule has 8 aromatic carbocycles. The van der Waals surface area contributed by atoms with Gasteiger partial charge in [-0.05, 0) is 90.6 Å². The summed E-state index contributed by atoms with van der Waals surface area (Å²) in [6.45, 7) is 0. The van der Waals surface area contributed by atoms with Crippen molar-refractivity contribution in [1.29, 1.82) is 0 Å². The van der Waals surface area contributed by atoms with Gasteiger partial charge in [0, 0.05) is 25.9 Å². The highest BCUT2D eigenvalue weighted by atomic mass is 32.2. The number of hydrogen-bond acceptors (Lipinski definition) is 2. The van der Waals surface area contributed by atoms with E-state index >= 15 is 0 Å². The van der Waals surface area contributed by atoms with Crippen LogP contribution in [0.4, 0.5) is 0 Å². The molecule has 1 aliphatic heterocycles. The van der Waals surface area contributed by atoms with E-state index in [0.29, 0.717) is 0 Å². The first kappa shape index (κ1) is 24.2. The van der Waals surface area contributed by atoms with E-state index in [1.807, 2.05) is 23.9 Å². The molecule has 0 atom stereocenters. The van der Waals surface area contributed by atoms with Crippen LogP contribution >= 0.6 is 11.8 Å². The average Bonchev–Trinajstić information content (AvgIpc) is 3.45. The molecule has 0 unspecified atom stereocenters. The van der Waals surface area contributed by atoms with E-state index in [2.05, 4.69) is 133 Å². The maximum absolute atomic E-state index is 6.19. The third kappa shape index (κ3) is 3.32. The first-order chi connectivity index (χ1) is 21.8. The Labute approximate surface area is 258 Å². The van der Waals surface area contributed by atoms with Crippen molar-refractivity contribution in [3.05, 3.63) is 146 Å². The molecule has 0 radical (unpaired) electrons. The van der Waals surface area contributed by atoms with Crippen LogP contribution in [0.5, 0.6) is 0 Å². The molecule has 2 heterocycles. The summed E-state index contributed by atoms with van der Waals surface area (Å²) in [5.74, 6) is 0. The van der Waals surface area contributed by atoms with E-state index in [1.165, 1.54) is 75.5 Å². The second-order valence-electron chi connectivity index (χ2n) is 11.6. The molecule has 1 aromatic heterocycles. The van der Waals surface area contributed by atoms with Crippen LogP contribution < -0.4 is 0 Å². The Morgan fingerprint density at radius 3 is 1.75 bits per heavy atom. The summed E-state index contributed by atoms with van der Waals surface area (Å²) in [4.78, 5) is 2.65. The van der Waals surface area contributed by atoms with Crippen LogP contribution in [-0.4, -0.2) is 0 Å². The summed E-state index contributed by atoms with van der Waals surface area (Å²) < 4.78 is 6.19. The molecule has 10 rings (SSSR count). The van der Waals surface area contributed by atoms with E-state index in [0.717, 1.165) is 21.9 Å². The third-order valence-corrected chi connectivity index (χ3v) is 10.4. The quantitative estimate of drug-likeness (QED) is 0.190. The second-order valence-corrected chi connectivity index (χ2v) is 12.7. The van der Waals surface area contributed by atoms with Crippen LogP contribution in [0, 0.1) is 0 Å². The van der Waals surface area contributed by atoms with Gasteiger partial charge in [0.05, 0.1) is 0 Å². The normalized spacial score (nSPS) is 12.5. The van der Waals surface area contributed by atoms with Crippen LogP contribution in [0.2, 0.25) is 0 Å². The van der Waals surface area contributed by atoms with Crippen molar-refractivity contribution in [2.75, 3.05) is 0 Å². The second kappa shape index (κ2) is 9.09. The predicted octanol–water partition coefficient (Wildman–Crippen LogP) is 12.5. The Kier molecular flexibility index (Phi) is 5.00. The number of benzene rings is 8. The van der Waals surface area contributed by atoms with Crippen molar-refractivity contribution in [3.63, 3.8) is 0 Å². The van der Waals surface area contributed by atoms with Gasteiger partial charge in [-0.15, -0.1) is 0 Å². The molecule has 0 saturated carbocycles. The smallest absolute Gasteiger partial charge is 0.135 e. The Balaban J connectivity index is 1.31. The van der Waals surface area contributed by atoms with Gasteiger partial charge in [0.25, 0.3) is 0 Å². The Morgan fingerprint density at radius 1 is 0.364 bits per heavy atom. The zero-order valence-corrected chi connectivity index (χ0v) is 24.5. The van der Waals surface area contributed by atoms with Gasteiger partial charge < -0.3 is 4.42 Å². The van der Waals surface area contributed by atoms with Gasteiger partial charge in [-0.25, -0.2) is 0 Å². The first-order valence-electron chi connectivity index (χ1n) is 15.0. The molecule has 1 aliphatic rings. The van der Waals surface area contributed by atoms with Gasteiger partial charge in [-0.3, -0.25) is 0 Å². The maximum atomic E-state index is 6.19. The summed E-state index contributed by atoms with van der Waals surface area (Å²) in [5, 5.41) is 10.0. The number of fused-ring (bicyclic) bond motifs is 7. The molecular formula is C42H24OS. The molecule has 1 nitrogen and oxygen atoms in total. The van der Waals surface area contributed by atoms with E-state index in [4.69, 9.17) is 4.42 Å². The summed E-state index contributed by atoms with van der Waals surface area (Å²) in [6.07, 6.45) is 0. The fourth-order valence-electron chi connectivity index (χ4n) is 7.41. The molecular weight excluding hydrogens is 553 g/mol. The van der Waals surface area contributed by atoms with Crippen molar-refractivity contribution in [1.82, 2.24) is 0 Å². The third-order valence-electron chi connectivity index (χ3n) is 9.27. The lowest BCUT2D eigenvalue weighted by Gasteiger charge is -2.23. The first-order valence-corrected chi connectivity index (χ1v) is 15.8. The summed E-state index contributed by atoms with van der Waals surface area (Å²) in [7, 11) is 0. The lowest BCUT2D eigenvalue weighted by molar-refractivity contribution is 0.669. The summed E-state index contributed by atoms with van der Waals surface area (Å²) in [5.41, 5.74) is 9.52. The van der Waals surface area contributed by atoms with Gasteiger partial charge in [0.1, 0.15) is 11.2 Å². The van der Waals surface area contributed by atoms with Gasteiger partial charge >= 0.3 is 0 Å². The number of para-hydroxylation sites is 1. The maximum Gasteiger partial charge on any atom is 0.135 e. The Hall–Kier alpha value is -5.31. The highest BCUT2D eigenvalue weighted by Crippen LogP contribution is 2.52. The van der Waals surface area contributed by atoms with Crippen molar-refractivity contribution in [2.45, 2.75) is 9.79 Å². The molecule has 0 bridgehead atoms. The van der Waals surface area contributed by atoms with Crippen molar-refractivity contribution in [2.24, 2.45) is 0 Å². The molecule has 9 aromatic rings. The number of hydrogen-bond donors (Lipinski definition) is 0. The van der Waals surface area contributed by atoms with Crippen molar-refractivity contribution >= 4 is 66.0 Å². The molecule has 0 N–H and O–H groups in total. The van der Waals surface area contributed by atoms with Crippen molar-refractivity contribution < 1.29 is 4.42 Å². The zero-order valence-electron chi connectivity index (χ0n) is 23.7. The Bertz CT molecular complexity index is 2580. The van der Waals surface area contributed by atoms with Gasteiger partial charge in [-0.1, -0.05) is 127 Å². The Morgan fingerprint density at radius 2 is 0.955 bits per heavy atom. The SMILES string of the molecule is c1ccc2c(c1)Sc1cccc3c(-c4c5ccccc5c(-c5ccc6oc7ccccc7c6c5)c5ccccc45)ccc-2c13. The number of furan rings is 1. The monoisotopic (exact) mass is 576 g/mol. The van der Waals surface area contributed by atoms with E-state index in [1.54, 1.807) is 0 Å². The topological polar surface area (TPSA) is 13.1 Å². The largest absolute Gasteiger partial charge is 0.456 e. The zero-order chi connectivity index (χ0) is 28.8. The number of rotatable bonds is 2. The minimum Gasteiger partial charge on any atom is -0.456 e. The fraction of sp³-hybridized carbons (Fsp3) is 0. The van der Waals surface area contributed by atoms with Gasteiger partial charge in [-0.2, -0.15) is 0 Å². The molecule has 0 saturated heterocycles. The van der Waals surface area contributed by atoms with Gasteiger partial charge in [0.15, 0.2) is 0 Å². The van der Waals surface area contributed by atoms with Crippen LogP contribution in [0.15, 0.2) is 160 Å². The fourth-order valence-corrected chi connectivity index (χ4v) is 8.55. The van der Waals surface area contributed by atoms with Gasteiger partial charge in [0.2, 0.25) is 0 Å². The van der Waals surface area contributed by atoms with E-state index < -0.39 is 0 Å². The lowest BCUT2D eigenvalue weighted by atomic mass is 9.83. The van der Waals surface area contributed by atoms with Crippen LogP contribution in [0.3, 0.4) is 0 Å². The van der Waals surface area contributed by atoms with Crippen LogP contribution in [0.25, 0.3) is 87.6 Å². The highest BCUT2D eigenvalue weighted by Gasteiger charge is 2.23. The minimum atomic E-state index is 0.920. The standard InChI is InChI=1S/C42H24OS/c1-3-14-30-28(12-1)40(25-20-23-37-35(24-25)26-10-5-7-17-36(26)43-37)29-13-2-4-15-31(29)41(30)34-22-21-33-27-11-6-8-18-38(27)44-39-19-9-16-32(34)42(33)39/h1-24H. The van der Waals surface area contributed by atoms with Crippen molar-refractivity contribution in [3.8, 4) is 33.4 Å². The molecule has 44 heavy (non-hydrogen) atoms. The van der Waals surface area contributed by atoms with Crippen LogP contribution in [0.1, 0.15) is 0 Å². The lowest BCUT2D eigenvalue weighted by Crippen LogP contribution is -1.95. The molecule has 0 spiro atoms. The molecule has 2 heteroatoms. The molecule has 0 aliphatic carbocycles. The predicted molar refractivity (Wildman–Crippen MR) is 187 cm³/mol. The molecule has 0 amide bonds. The van der Waals surface area contributed by atoms with E-state index in [-0.39, 0.29) is 0 Å². The summed E-state index contributed by atoms with van der Waals surface area (Å²) >= 11 is 1.88. The van der Waals surface area contributed by atoms with E-state index in [9.17, 15) is 0 Å². The highest BCUT2D eigenvalue weighted by molar-refractivity contribution is 7.99. The minimum absolute atomic E-state index is 0.920. The molecule has 204 valence electrons. The molecule has 0 fully saturated rings.